The van der Waals surface area contributed by atoms with Gasteiger partial charge in [-0.2, -0.15) is 0 Å². The van der Waals surface area contributed by atoms with Crippen molar-refractivity contribution in [2.45, 2.75) is 18.4 Å². The number of hydrogen-bond acceptors (Lipinski definition) is 4. The first-order chi connectivity index (χ1) is 15.4. The van der Waals surface area contributed by atoms with E-state index in [0.29, 0.717) is 0 Å². The van der Waals surface area contributed by atoms with E-state index in [9.17, 15) is 0 Å². The van der Waals surface area contributed by atoms with Gasteiger partial charge in [-0.15, -0.1) is 0 Å². The third-order valence-corrected chi connectivity index (χ3v) is 6.99. The van der Waals surface area contributed by atoms with Gasteiger partial charge >= 0.3 is 0 Å². The van der Waals surface area contributed by atoms with E-state index in [-0.39, 0.29) is 12.0 Å². The Morgan fingerprint density at radius 1 is 0.688 bits per heavy atom. The van der Waals surface area contributed by atoms with E-state index in [1.165, 1.54) is 0 Å². The minimum atomic E-state index is -0.0608. The summed E-state index contributed by atoms with van der Waals surface area (Å²) in [7, 11) is 7.08. The molecule has 4 nitrogen and oxygen atoms in total. The van der Waals surface area contributed by atoms with E-state index in [4.69, 9.17) is 14.2 Å². The number of methoxy groups -OCH3 is 3. The zero-order valence-electron chi connectivity index (χ0n) is 18.4. The van der Waals surface area contributed by atoms with Crippen LogP contribution < -0.4 is 19.5 Å². The van der Waals surface area contributed by atoms with Crippen LogP contribution in [0.2, 0.25) is 0 Å². The number of benzene rings is 3. The molecule has 2 unspecified atom stereocenters. The number of hydrogen-bond donors (Lipinski definition) is 1. The molecule has 0 amide bonds. The van der Waals surface area contributed by atoms with Crippen LogP contribution in [0.3, 0.4) is 0 Å². The molecular formula is C25H26Br3NO3. The SMILES string of the molecule is CNC(c1cc(Br)ccc1OC)C(Cc1cc(Br)ccc1OC)c1cc(Br)ccc1OC. The zero-order valence-corrected chi connectivity index (χ0v) is 23.2. The summed E-state index contributed by atoms with van der Waals surface area (Å²) in [6.07, 6.45) is 0.719. The molecule has 7 heteroatoms. The van der Waals surface area contributed by atoms with Crippen LogP contribution in [0.15, 0.2) is 68.0 Å². The largest absolute Gasteiger partial charge is 0.496 e. The van der Waals surface area contributed by atoms with Crippen molar-refractivity contribution < 1.29 is 14.2 Å². The van der Waals surface area contributed by atoms with Crippen LogP contribution >= 0.6 is 47.8 Å². The van der Waals surface area contributed by atoms with Gasteiger partial charge in [0.25, 0.3) is 0 Å². The van der Waals surface area contributed by atoms with Crippen LogP contribution in [0.5, 0.6) is 17.2 Å². The fourth-order valence-electron chi connectivity index (χ4n) is 4.07. The summed E-state index contributed by atoms with van der Waals surface area (Å²) in [5.41, 5.74) is 3.25. The van der Waals surface area contributed by atoms with Gasteiger partial charge in [0, 0.05) is 36.5 Å². The van der Waals surface area contributed by atoms with Crippen molar-refractivity contribution in [2.24, 2.45) is 0 Å². The van der Waals surface area contributed by atoms with Gasteiger partial charge < -0.3 is 19.5 Å². The van der Waals surface area contributed by atoms with E-state index in [1.807, 2.05) is 43.4 Å². The molecule has 0 aliphatic heterocycles. The van der Waals surface area contributed by atoms with Gasteiger partial charge in [0.1, 0.15) is 17.2 Å². The predicted octanol–water partition coefficient (Wildman–Crippen LogP) is 7.29. The lowest BCUT2D eigenvalue weighted by atomic mass is 9.81. The van der Waals surface area contributed by atoms with E-state index in [0.717, 1.165) is 53.8 Å². The van der Waals surface area contributed by atoms with Crippen LogP contribution in [0.25, 0.3) is 0 Å². The van der Waals surface area contributed by atoms with Crippen molar-refractivity contribution in [2.75, 3.05) is 28.4 Å². The number of likely N-dealkylation sites (N-methyl/N-ethyl adjacent to an activating group) is 1. The Hall–Kier alpha value is -1.54. The minimum Gasteiger partial charge on any atom is -0.496 e. The van der Waals surface area contributed by atoms with Crippen molar-refractivity contribution >= 4 is 47.8 Å². The topological polar surface area (TPSA) is 39.7 Å². The summed E-state index contributed by atoms with van der Waals surface area (Å²) in [6, 6.07) is 18.2. The van der Waals surface area contributed by atoms with Gasteiger partial charge in [0.05, 0.1) is 21.3 Å². The van der Waals surface area contributed by atoms with Gasteiger partial charge in [-0.3, -0.25) is 0 Å². The Bertz CT molecular complexity index is 1070. The lowest BCUT2D eigenvalue weighted by Gasteiger charge is -2.31. The molecule has 3 aromatic rings. The fourth-order valence-corrected chi connectivity index (χ4v) is 5.23. The van der Waals surface area contributed by atoms with Gasteiger partial charge in [-0.05, 0) is 73.6 Å². The molecule has 2 atom stereocenters. The highest BCUT2D eigenvalue weighted by atomic mass is 79.9. The maximum Gasteiger partial charge on any atom is 0.123 e. The molecule has 1 N–H and O–H groups in total. The van der Waals surface area contributed by atoms with Crippen LogP contribution in [0.1, 0.15) is 28.7 Å². The highest BCUT2D eigenvalue weighted by molar-refractivity contribution is 9.11. The van der Waals surface area contributed by atoms with E-state index in [1.54, 1.807) is 21.3 Å². The number of halogens is 3. The standard InChI is InChI=1S/C25H26Br3NO3/c1-29-25(21-14-18(28)7-10-24(21)32-4)20(19-13-17(27)6-9-23(19)31-3)12-15-11-16(26)5-8-22(15)30-2/h5-11,13-14,20,25,29H,12H2,1-4H3. The summed E-state index contributed by atoms with van der Waals surface area (Å²) < 4.78 is 20.2. The Morgan fingerprint density at radius 2 is 1.16 bits per heavy atom. The average molecular weight is 628 g/mol. The normalized spacial score (nSPS) is 12.8. The molecule has 0 aliphatic rings. The lowest BCUT2D eigenvalue weighted by Crippen LogP contribution is -2.26. The molecule has 32 heavy (non-hydrogen) atoms. The van der Waals surface area contributed by atoms with Crippen LogP contribution in [0, 0.1) is 0 Å². The number of rotatable bonds is 9. The Balaban J connectivity index is 2.22. The summed E-state index contributed by atoms with van der Waals surface area (Å²) in [4.78, 5) is 0. The van der Waals surface area contributed by atoms with Gasteiger partial charge in [0.15, 0.2) is 0 Å². The van der Waals surface area contributed by atoms with Crippen LogP contribution in [-0.4, -0.2) is 28.4 Å². The molecule has 0 saturated carbocycles. The Morgan fingerprint density at radius 3 is 1.69 bits per heavy atom. The molecule has 0 aliphatic carbocycles. The maximum absolute atomic E-state index is 5.78. The summed E-state index contributed by atoms with van der Waals surface area (Å²) in [5.74, 6) is 2.52. The third-order valence-electron chi connectivity index (χ3n) is 5.51. The highest BCUT2D eigenvalue weighted by Crippen LogP contribution is 2.44. The van der Waals surface area contributed by atoms with Crippen molar-refractivity contribution in [3.05, 3.63) is 84.7 Å². The first kappa shape index (κ1) is 25.1. The lowest BCUT2D eigenvalue weighted by molar-refractivity contribution is 0.373. The molecule has 0 fully saturated rings. The highest BCUT2D eigenvalue weighted by Gasteiger charge is 2.30. The van der Waals surface area contributed by atoms with Crippen LogP contribution in [-0.2, 0) is 6.42 Å². The first-order valence-corrected chi connectivity index (χ1v) is 12.5. The minimum absolute atomic E-state index is 0.0128. The van der Waals surface area contributed by atoms with E-state index in [2.05, 4.69) is 71.3 Å². The van der Waals surface area contributed by atoms with Gasteiger partial charge in [-0.1, -0.05) is 47.8 Å². The molecule has 0 heterocycles. The second kappa shape index (κ2) is 11.5. The molecular weight excluding hydrogens is 602 g/mol. The average Bonchev–Trinajstić information content (AvgIpc) is 2.79. The monoisotopic (exact) mass is 625 g/mol. The maximum atomic E-state index is 5.78. The quantitative estimate of drug-likeness (QED) is 0.271. The van der Waals surface area contributed by atoms with Gasteiger partial charge in [0.2, 0.25) is 0 Å². The van der Waals surface area contributed by atoms with E-state index >= 15 is 0 Å². The molecule has 0 saturated heterocycles. The molecule has 170 valence electrons. The van der Waals surface area contributed by atoms with Crippen molar-refractivity contribution in [1.82, 2.24) is 5.32 Å². The Labute approximate surface area is 215 Å². The molecule has 3 aromatic carbocycles. The number of ether oxygens (including phenoxy) is 3. The molecule has 0 bridgehead atoms. The summed E-state index contributed by atoms with van der Waals surface area (Å²) in [5, 5.41) is 3.54. The number of nitrogens with one attached hydrogen (secondary N) is 1. The van der Waals surface area contributed by atoms with E-state index < -0.39 is 0 Å². The predicted molar refractivity (Wildman–Crippen MR) is 140 cm³/mol. The second-order valence-corrected chi connectivity index (χ2v) is 10.1. The summed E-state index contributed by atoms with van der Waals surface area (Å²) in [6.45, 7) is 0. The third kappa shape index (κ3) is 5.68. The van der Waals surface area contributed by atoms with Crippen LogP contribution in [0.4, 0.5) is 0 Å². The van der Waals surface area contributed by atoms with Crippen molar-refractivity contribution in [3.63, 3.8) is 0 Å². The fraction of sp³-hybridized carbons (Fsp3) is 0.280. The first-order valence-electron chi connectivity index (χ1n) is 10.1. The van der Waals surface area contributed by atoms with Crippen molar-refractivity contribution in [1.29, 1.82) is 0 Å². The second-order valence-electron chi connectivity index (χ2n) is 7.31. The molecule has 0 radical (unpaired) electrons. The zero-order chi connectivity index (χ0) is 23.3. The smallest absolute Gasteiger partial charge is 0.123 e. The van der Waals surface area contributed by atoms with Crippen molar-refractivity contribution in [3.8, 4) is 17.2 Å². The molecule has 3 rings (SSSR count). The molecule has 0 aromatic heterocycles. The Kier molecular flexibility index (Phi) is 9.05. The van der Waals surface area contributed by atoms with Gasteiger partial charge in [-0.25, -0.2) is 0 Å². The summed E-state index contributed by atoms with van der Waals surface area (Å²) >= 11 is 10.9. The molecule has 0 spiro atoms.